The molecule has 0 saturated heterocycles. The summed E-state index contributed by atoms with van der Waals surface area (Å²) in [6.07, 6.45) is 1.94. The van der Waals surface area contributed by atoms with Crippen LogP contribution in [0.5, 0.6) is 0 Å². The van der Waals surface area contributed by atoms with Gasteiger partial charge in [0.25, 0.3) is 0 Å². The van der Waals surface area contributed by atoms with E-state index in [1.54, 1.807) is 6.92 Å². The third-order valence-corrected chi connectivity index (χ3v) is 4.40. The number of rotatable bonds is 1. The lowest BCUT2D eigenvalue weighted by Gasteiger charge is -2.24. The van der Waals surface area contributed by atoms with Gasteiger partial charge < -0.3 is 0 Å². The zero-order valence-corrected chi connectivity index (χ0v) is 13.0. The quantitative estimate of drug-likeness (QED) is 0.711. The van der Waals surface area contributed by atoms with Gasteiger partial charge in [-0.3, -0.25) is 9.69 Å². The molecule has 0 N–H and O–H groups in total. The molecule has 0 aliphatic carbocycles. The summed E-state index contributed by atoms with van der Waals surface area (Å²) in [5, 5.41) is 0.799. The normalized spacial score (nSPS) is 13.4. The number of halogens is 1. The Labute approximate surface area is 127 Å². The van der Waals surface area contributed by atoms with E-state index in [0.29, 0.717) is 0 Å². The van der Waals surface area contributed by atoms with E-state index in [-0.39, 0.29) is 5.91 Å². The Balaban J connectivity index is 2.22. The first-order chi connectivity index (χ1) is 9.70. The maximum absolute atomic E-state index is 12.2. The number of para-hydroxylation sites is 1. The van der Waals surface area contributed by atoms with Gasteiger partial charge in [-0.15, -0.1) is 0 Å². The molecule has 0 bridgehead atoms. The van der Waals surface area contributed by atoms with E-state index in [1.165, 1.54) is 16.7 Å². The molecule has 0 radical (unpaired) electrons. The molecule has 1 heterocycles. The number of hydrogen-bond donors (Lipinski definition) is 0. The molecule has 1 aliphatic rings. The topological polar surface area (TPSA) is 20.3 Å². The summed E-state index contributed by atoms with van der Waals surface area (Å²) in [5.41, 5.74) is 5.71. The van der Waals surface area contributed by atoms with Gasteiger partial charge in [-0.2, -0.15) is 0 Å². The number of amides is 1. The van der Waals surface area contributed by atoms with Crippen molar-refractivity contribution in [1.29, 1.82) is 0 Å². The molecule has 0 atom stereocenters. The van der Waals surface area contributed by atoms with Gasteiger partial charge in [-0.25, -0.2) is 0 Å². The fourth-order valence-electron chi connectivity index (χ4n) is 2.79. The molecule has 2 aromatic rings. The van der Waals surface area contributed by atoms with Crippen LogP contribution in [0.1, 0.15) is 23.6 Å². The van der Waals surface area contributed by atoms with Crippen LogP contribution in [0.15, 0.2) is 42.5 Å². The van der Waals surface area contributed by atoms with Crippen molar-refractivity contribution in [2.24, 2.45) is 0 Å². The third-order valence-electron chi connectivity index (χ3n) is 3.76. The molecule has 2 nitrogen and oxygen atoms in total. The van der Waals surface area contributed by atoms with E-state index >= 15 is 0 Å². The number of benzene rings is 2. The smallest absolute Gasteiger partial charge is 0.228 e. The molecular weight excluding hydrogens is 314 g/mol. The van der Waals surface area contributed by atoms with Crippen molar-refractivity contribution < 1.29 is 4.79 Å². The van der Waals surface area contributed by atoms with Gasteiger partial charge in [0, 0.05) is 12.3 Å². The Morgan fingerprint density at radius 3 is 2.50 bits per heavy atom. The summed E-state index contributed by atoms with van der Waals surface area (Å²) in [7, 11) is 0. The number of aryl methyl sites for hydroxylation is 2. The summed E-state index contributed by atoms with van der Waals surface area (Å²) >= 11 is 3.49. The second-order valence-corrected chi connectivity index (χ2v) is 5.64. The van der Waals surface area contributed by atoms with Gasteiger partial charge >= 0.3 is 0 Å². The molecular formula is C17H16BrNO. The largest absolute Gasteiger partial charge is 0.281 e. The van der Waals surface area contributed by atoms with E-state index in [1.807, 2.05) is 23.1 Å². The molecule has 0 fully saturated rings. The predicted octanol–water partition coefficient (Wildman–Crippen LogP) is 4.36. The molecule has 0 spiro atoms. The summed E-state index contributed by atoms with van der Waals surface area (Å²) in [6, 6.07) is 14.6. The van der Waals surface area contributed by atoms with Crippen molar-refractivity contribution in [3.05, 3.63) is 59.2 Å². The molecule has 3 rings (SSSR count). The van der Waals surface area contributed by atoms with Crippen molar-refractivity contribution in [2.45, 2.75) is 25.1 Å². The number of hydrogen-bond acceptors (Lipinski definition) is 1. The van der Waals surface area contributed by atoms with Crippen LogP contribution in [0.3, 0.4) is 0 Å². The number of carbonyl (C=O) groups is 1. The maximum atomic E-state index is 12.2. The number of anilines is 2. The first-order valence-electron chi connectivity index (χ1n) is 6.77. The highest BCUT2D eigenvalue weighted by atomic mass is 79.9. The Morgan fingerprint density at radius 1 is 1.10 bits per heavy atom. The summed E-state index contributed by atoms with van der Waals surface area (Å²) in [4.78, 5) is 14.0. The number of fused-ring (bicyclic) bond motifs is 2. The number of nitrogens with zero attached hydrogens (tertiary/aromatic N) is 1. The lowest BCUT2D eigenvalue weighted by atomic mass is 10.0. The van der Waals surface area contributed by atoms with Crippen molar-refractivity contribution in [2.75, 3.05) is 4.90 Å². The second kappa shape index (κ2) is 5.41. The van der Waals surface area contributed by atoms with Gasteiger partial charge in [0.2, 0.25) is 5.91 Å². The average molecular weight is 330 g/mol. The summed E-state index contributed by atoms with van der Waals surface area (Å²) in [6.45, 7) is 1.63. The lowest BCUT2D eigenvalue weighted by Crippen LogP contribution is -2.23. The highest BCUT2D eigenvalue weighted by molar-refractivity contribution is 9.08. The molecule has 1 aliphatic heterocycles. The Hall–Kier alpha value is -1.61. The predicted molar refractivity (Wildman–Crippen MR) is 85.7 cm³/mol. The van der Waals surface area contributed by atoms with E-state index in [2.05, 4.69) is 40.2 Å². The fraction of sp³-hybridized carbons (Fsp3) is 0.235. The van der Waals surface area contributed by atoms with Crippen LogP contribution in [0.25, 0.3) is 0 Å². The minimum absolute atomic E-state index is 0.0623. The molecule has 0 saturated carbocycles. The van der Waals surface area contributed by atoms with Crippen LogP contribution in [-0.4, -0.2) is 5.91 Å². The SMILES string of the molecule is CC(=O)N1c2ccccc2CCc2ccc(CBr)cc21. The zero-order chi connectivity index (χ0) is 14.1. The van der Waals surface area contributed by atoms with E-state index in [9.17, 15) is 4.79 Å². The Bertz CT molecular complexity index is 666. The van der Waals surface area contributed by atoms with Gasteiger partial charge in [0.05, 0.1) is 11.4 Å². The van der Waals surface area contributed by atoms with Crippen LogP contribution in [0.2, 0.25) is 0 Å². The van der Waals surface area contributed by atoms with Crippen LogP contribution in [0, 0.1) is 0 Å². The monoisotopic (exact) mass is 329 g/mol. The number of carbonyl (C=O) groups excluding carboxylic acids is 1. The van der Waals surface area contributed by atoms with Crippen LogP contribution in [0.4, 0.5) is 11.4 Å². The first-order valence-corrected chi connectivity index (χ1v) is 7.89. The second-order valence-electron chi connectivity index (χ2n) is 5.08. The van der Waals surface area contributed by atoms with Crippen molar-refractivity contribution in [3.8, 4) is 0 Å². The number of alkyl halides is 1. The first kappa shape index (κ1) is 13.4. The fourth-order valence-corrected chi connectivity index (χ4v) is 3.14. The van der Waals surface area contributed by atoms with Crippen LogP contribution < -0.4 is 4.90 Å². The molecule has 3 heteroatoms. The van der Waals surface area contributed by atoms with Crippen LogP contribution in [-0.2, 0) is 23.0 Å². The van der Waals surface area contributed by atoms with Crippen molar-refractivity contribution in [3.63, 3.8) is 0 Å². The minimum atomic E-state index is 0.0623. The standard InChI is InChI=1S/C17H16BrNO/c1-12(20)19-16-5-3-2-4-14(16)8-9-15-7-6-13(11-18)10-17(15)19/h2-7,10H,8-9,11H2,1H3. The Kier molecular flexibility index (Phi) is 3.62. The molecule has 102 valence electrons. The molecule has 2 aromatic carbocycles. The highest BCUT2D eigenvalue weighted by Crippen LogP contribution is 2.36. The van der Waals surface area contributed by atoms with Gasteiger partial charge in [0.1, 0.15) is 0 Å². The average Bonchev–Trinajstić information content (AvgIpc) is 2.62. The maximum Gasteiger partial charge on any atom is 0.228 e. The van der Waals surface area contributed by atoms with Crippen molar-refractivity contribution >= 4 is 33.2 Å². The van der Waals surface area contributed by atoms with E-state index < -0.39 is 0 Å². The lowest BCUT2D eigenvalue weighted by molar-refractivity contribution is -0.115. The van der Waals surface area contributed by atoms with E-state index in [0.717, 1.165) is 29.5 Å². The highest BCUT2D eigenvalue weighted by Gasteiger charge is 2.23. The van der Waals surface area contributed by atoms with Crippen molar-refractivity contribution in [1.82, 2.24) is 0 Å². The molecule has 0 aromatic heterocycles. The summed E-state index contributed by atoms with van der Waals surface area (Å²) in [5.74, 6) is 0.0623. The molecule has 0 unspecified atom stereocenters. The van der Waals surface area contributed by atoms with Gasteiger partial charge in [-0.1, -0.05) is 46.3 Å². The zero-order valence-electron chi connectivity index (χ0n) is 11.4. The minimum Gasteiger partial charge on any atom is -0.281 e. The molecule has 20 heavy (non-hydrogen) atoms. The summed E-state index contributed by atoms with van der Waals surface area (Å²) < 4.78 is 0. The van der Waals surface area contributed by atoms with Gasteiger partial charge in [0.15, 0.2) is 0 Å². The molecule has 1 amide bonds. The van der Waals surface area contributed by atoms with Gasteiger partial charge in [-0.05, 0) is 41.7 Å². The third kappa shape index (κ3) is 2.27. The van der Waals surface area contributed by atoms with Crippen LogP contribution >= 0.6 is 15.9 Å². The van der Waals surface area contributed by atoms with E-state index in [4.69, 9.17) is 0 Å². The Morgan fingerprint density at radius 2 is 1.80 bits per heavy atom.